The van der Waals surface area contributed by atoms with Crippen LogP contribution in [-0.4, -0.2) is 36.5 Å². The molecular formula is C14H28N2O. The van der Waals surface area contributed by atoms with Crippen LogP contribution in [0.15, 0.2) is 0 Å². The van der Waals surface area contributed by atoms with E-state index in [2.05, 4.69) is 19.2 Å². The molecule has 3 heteroatoms. The predicted octanol–water partition coefficient (Wildman–Crippen LogP) is 2.56. The average molecular weight is 240 g/mol. The van der Waals surface area contributed by atoms with E-state index in [1.54, 1.807) is 0 Å². The number of nitrogens with zero attached hydrogens (tertiary/aromatic N) is 1. The van der Waals surface area contributed by atoms with Gasteiger partial charge in [0.25, 0.3) is 0 Å². The van der Waals surface area contributed by atoms with E-state index in [-0.39, 0.29) is 0 Å². The largest absolute Gasteiger partial charge is 0.341 e. The van der Waals surface area contributed by atoms with E-state index >= 15 is 0 Å². The van der Waals surface area contributed by atoms with E-state index in [1.165, 1.54) is 32.1 Å². The lowest BCUT2D eigenvalue weighted by Crippen LogP contribution is -2.40. The molecule has 1 atom stereocenters. The Labute approximate surface area is 106 Å². The average Bonchev–Trinajstić information content (AvgIpc) is 2.69. The number of likely N-dealkylation sites (tertiary alicyclic amines) is 1. The van der Waals surface area contributed by atoms with Crippen LogP contribution >= 0.6 is 0 Å². The first-order valence-corrected chi connectivity index (χ1v) is 7.25. The third kappa shape index (κ3) is 6.06. The number of rotatable bonds is 9. The summed E-state index contributed by atoms with van der Waals surface area (Å²) in [5, 5.41) is 3.51. The van der Waals surface area contributed by atoms with Crippen molar-refractivity contribution in [3.63, 3.8) is 0 Å². The van der Waals surface area contributed by atoms with Crippen molar-refractivity contribution in [3.05, 3.63) is 0 Å². The maximum Gasteiger partial charge on any atom is 0.222 e. The second kappa shape index (κ2) is 8.51. The molecule has 0 aromatic rings. The predicted molar refractivity (Wildman–Crippen MR) is 72.0 cm³/mol. The first-order valence-electron chi connectivity index (χ1n) is 7.25. The van der Waals surface area contributed by atoms with Gasteiger partial charge in [-0.3, -0.25) is 4.79 Å². The standard InChI is InChI=1S/C14H28N2O/c1-3-4-5-6-7-10-15-13(2)12-16-11-8-9-14(16)17/h13,15H,3-12H2,1-2H3. The Morgan fingerprint density at radius 1 is 1.29 bits per heavy atom. The Morgan fingerprint density at radius 2 is 2.06 bits per heavy atom. The molecule has 1 rings (SSSR count). The number of carbonyl (C=O) groups is 1. The fraction of sp³-hybridized carbons (Fsp3) is 0.929. The van der Waals surface area contributed by atoms with Crippen LogP contribution < -0.4 is 5.32 Å². The number of amides is 1. The highest BCUT2D eigenvalue weighted by molar-refractivity contribution is 5.78. The summed E-state index contributed by atoms with van der Waals surface area (Å²) in [6.45, 7) is 7.35. The molecule has 1 heterocycles. The Hall–Kier alpha value is -0.570. The molecule has 1 aliphatic heterocycles. The SMILES string of the molecule is CCCCCCCNC(C)CN1CCCC1=O. The smallest absolute Gasteiger partial charge is 0.222 e. The summed E-state index contributed by atoms with van der Waals surface area (Å²) in [4.78, 5) is 13.5. The van der Waals surface area contributed by atoms with E-state index in [4.69, 9.17) is 0 Å². The molecular weight excluding hydrogens is 212 g/mol. The van der Waals surface area contributed by atoms with Crippen LogP contribution in [0.25, 0.3) is 0 Å². The molecule has 1 fully saturated rings. The highest BCUT2D eigenvalue weighted by atomic mass is 16.2. The van der Waals surface area contributed by atoms with Crippen molar-refractivity contribution in [3.8, 4) is 0 Å². The summed E-state index contributed by atoms with van der Waals surface area (Å²) in [6, 6.07) is 0.434. The quantitative estimate of drug-likeness (QED) is 0.628. The van der Waals surface area contributed by atoms with Crippen molar-refractivity contribution in [2.24, 2.45) is 0 Å². The van der Waals surface area contributed by atoms with Crippen LogP contribution in [0.4, 0.5) is 0 Å². The van der Waals surface area contributed by atoms with Crippen LogP contribution in [0.2, 0.25) is 0 Å². The van der Waals surface area contributed by atoms with E-state index in [0.29, 0.717) is 11.9 Å². The number of nitrogens with one attached hydrogen (secondary N) is 1. The molecule has 0 radical (unpaired) electrons. The van der Waals surface area contributed by atoms with Gasteiger partial charge in [-0.25, -0.2) is 0 Å². The van der Waals surface area contributed by atoms with E-state index in [0.717, 1.165) is 32.5 Å². The molecule has 0 aromatic heterocycles. The topological polar surface area (TPSA) is 32.3 Å². The molecule has 0 bridgehead atoms. The zero-order valence-corrected chi connectivity index (χ0v) is 11.5. The molecule has 1 aliphatic rings. The molecule has 100 valence electrons. The first-order chi connectivity index (χ1) is 8.24. The van der Waals surface area contributed by atoms with Gasteiger partial charge in [-0.15, -0.1) is 0 Å². The molecule has 0 saturated carbocycles. The van der Waals surface area contributed by atoms with Gasteiger partial charge in [-0.05, 0) is 26.3 Å². The minimum Gasteiger partial charge on any atom is -0.341 e. The molecule has 1 unspecified atom stereocenters. The van der Waals surface area contributed by atoms with Gasteiger partial charge in [-0.2, -0.15) is 0 Å². The Kier molecular flexibility index (Phi) is 7.25. The van der Waals surface area contributed by atoms with Crippen LogP contribution in [0, 0.1) is 0 Å². The van der Waals surface area contributed by atoms with Crippen LogP contribution in [0.5, 0.6) is 0 Å². The maximum atomic E-state index is 11.5. The van der Waals surface area contributed by atoms with Crippen LogP contribution in [0.3, 0.4) is 0 Å². The van der Waals surface area contributed by atoms with Crippen molar-refractivity contribution in [1.29, 1.82) is 0 Å². The van der Waals surface area contributed by atoms with E-state index in [9.17, 15) is 4.79 Å². The lowest BCUT2D eigenvalue weighted by Gasteiger charge is -2.21. The number of hydrogen-bond donors (Lipinski definition) is 1. The fourth-order valence-electron chi connectivity index (χ4n) is 2.37. The van der Waals surface area contributed by atoms with Gasteiger partial charge in [0.1, 0.15) is 0 Å². The Balaban J connectivity index is 1.97. The summed E-state index contributed by atoms with van der Waals surface area (Å²) in [5.74, 6) is 0.335. The zero-order valence-electron chi connectivity index (χ0n) is 11.5. The van der Waals surface area contributed by atoms with Crippen LogP contribution in [0.1, 0.15) is 58.8 Å². The van der Waals surface area contributed by atoms with Gasteiger partial charge >= 0.3 is 0 Å². The Bertz CT molecular complexity index is 218. The van der Waals surface area contributed by atoms with E-state index < -0.39 is 0 Å². The van der Waals surface area contributed by atoms with Crippen molar-refractivity contribution in [2.45, 2.75) is 64.8 Å². The molecule has 0 aliphatic carbocycles. The summed E-state index contributed by atoms with van der Waals surface area (Å²) >= 11 is 0. The van der Waals surface area contributed by atoms with Crippen molar-refractivity contribution < 1.29 is 4.79 Å². The maximum absolute atomic E-state index is 11.5. The highest BCUT2D eigenvalue weighted by Crippen LogP contribution is 2.09. The number of unbranched alkanes of at least 4 members (excludes halogenated alkanes) is 4. The molecule has 1 saturated heterocycles. The second-order valence-electron chi connectivity index (χ2n) is 5.21. The van der Waals surface area contributed by atoms with Gasteiger partial charge in [0, 0.05) is 25.6 Å². The van der Waals surface area contributed by atoms with Crippen molar-refractivity contribution in [1.82, 2.24) is 10.2 Å². The number of carbonyl (C=O) groups excluding carboxylic acids is 1. The summed E-state index contributed by atoms with van der Waals surface area (Å²) in [7, 11) is 0. The number of hydrogen-bond acceptors (Lipinski definition) is 2. The lowest BCUT2D eigenvalue weighted by atomic mass is 10.1. The van der Waals surface area contributed by atoms with Gasteiger partial charge in [0.2, 0.25) is 5.91 Å². The van der Waals surface area contributed by atoms with E-state index in [1.807, 2.05) is 4.90 Å². The van der Waals surface area contributed by atoms with Crippen LogP contribution in [-0.2, 0) is 4.79 Å². The molecule has 0 aromatic carbocycles. The summed E-state index contributed by atoms with van der Waals surface area (Å²) in [5.41, 5.74) is 0. The van der Waals surface area contributed by atoms with Gasteiger partial charge in [-0.1, -0.05) is 32.6 Å². The minimum atomic E-state index is 0.335. The fourth-order valence-corrected chi connectivity index (χ4v) is 2.37. The van der Waals surface area contributed by atoms with Crippen molar-refractivity contribution >= 4 is 5.91 Å². The third-order valence-corrected chi connectivity index (χ3v) is 3.44. The van der Waals surface area contributed by atoms with Gasteiger partial charge < -0.3 is 10.2 Å². The Morgan fingerprint density at radius 3 is 2.71 bits per heavy atom. The summed E-state index contributed by atoms with van der Waals surface area (Å²) in [6.07, 6.45) is 8.41. The van der Waals surface area contributed by atoms with Gasteiger partial charge in [0.15, 0.2) is 0 Å². The first kappa shape index (κ1) is 14.5. The van der Waals surface area contributed by atoms with Gasteiger partial charge in [0.05, 0.1) is 0 Å². The minimum absolute atomic E-state index is 0.335. The lowest BCUT2D eigenvalue weighted by molar-refractivity contribution is -0.127. The van der Waals surface area contributed by atoms with Crippen molar-refractivity contribution in [2.75, 3.05) is 19.6 Å². The molecule has 3 nitrogen and oxygen atoms in total. The highest BCUT2D eigenvalue weighted by Gasteiger charge is 2.21. The summed E-state index contributed by atoms with van der Waals surface area (Å²) < 4.78 is 0. The third-order valence-electron chi connectivity index (χ3n) is 3.44. The normalized spacial score (nSPS) is 17.8. The molecule has 1 N–H and O–H groups in total. The monoisotopic (exact) mass is 240 g/mol. The second-order valence-corrected chi connectivity index (χ2v) is 5.21. The zero-order chi connectivity index (χ0) is 12.5. The molecule has 1 amide bonds. The molecule has 17 heavy (non-hydrogen) atoms. The molecule has 0 spiro atoms.